The van der Waals surface area contributed by atoms with Crippen LogP contribution in [0.4, 0.5) is 4.79 Å². The zero-order chi connectivity index (χ0) is 55.8. The van der Waals surface area contributed by atoms with E-state index in [4.69, 9.17) is 18.9 Å². The molecular formula is C61H88N4O11. The van der Waals surface area contributed by atoms with Gasteiger partial charge >= 0.3 is 24.0 Å². The van der Waals surface area contributed by atoms with Crippen LogP contribution < -0.4 is 21.3 Å². The molecule has 0 aliphatic heterocycles. The number of carbonyl (C=O) groups is 7. The van der Waals surface area contributed by atoms with Gasteiger partial charge in [-0.25, -0.2) is 9.59 Å². The number of alkyl carbamates (subject to hydrolysis) is 1. The molecular weight excluding hydrogens is 965 g/mol. The van der Waals surface area contributed by atoms with Crippen molar-refractivity contribution in [3.8, 4) is 11.1 Å². The Kier molecular flexibility index (Phi) is 26.0. The number of nitrogens with one attached hydrogen (secondary N) is 4. The summed E-state index contributed by atoms with van der Waals surface area (Å²) in [4.78, 5) is 97.2. The molecule has 4 N–H and O–H groups in total. The average Bonchev–Trinajstić information content (AvgIpc) is 3.69. The SMILES string of the molecule is CCCCCCCCCCCC(CC(=O)OCc1ccccc1)OC(=O)[C@@H](NC(=O)[C@@H](CC(C)C)NC(=O)[C@H](CC(=O)OC(C)(C)C)NC(=O)[C@@H](NC(=O)OCC1c2ccccc2-c2ccccc21)C(C)C)[C@@H](C)CC. The Morgan fingerprint density at radius 1 is 0.579 bits per heavy atom. The van der Waals surface area contributed by atoms with Crippen molar-refractivity contribution in [2.24, 2.45) is 17.8 Å². The summed E-state index contributed by atoms with van der Waals surface area (Å²) in [5, 5.41) is 10.9. The van der Waals surface area contributed by atoms with Gasteiger partial charge in [-0.3, -0.25) is 24.0 Å². The van der Waals surface area contributed by atoms with Crippen LogP contribution in [0.2, 0.25) is 0 Å². The molecule has 0 fully saturated rings. The number of unbranched alkanes of at least 4 members (excludes halogenated alkanes) is 8. The first kappa shape index (κ1) is 62.3. The van der Waals surface area contributed by atoms with Crippen molar-refractivity contribution in [2.45, 2.75) is 208 Å². The standard InChI is InChI=1S/C61H88N4O11/c1-11-13-14-15-16-17-18-19-23-30-44(36-52(66)73-38-43-28-21-20-22-29-43)75-59(71)55(42(7)12-2)64-57(69)50(35-40(3)4)62-56(68)51(37-53(67)76-61(8,9)10)63-58(70)54(41(5)6)65-60(72)74-39-49-47-33-26-24-31-45(47)46-32-25-27-34-48(46)49/h20-22,24-29,31-34,40-42,44,49-51,54-55H,11-19,23,30,35-39H2,1-10H3,(H,62,68)(H,63,70)(H,64,69)(H,65,72)/t42-,44?,50+,51-,54-,55-/m0/s1. The van der Waals surface area contributed by atoms with Crippen LogP contribution in [-0.4, -0.2) is 84.2 Å². The number of rotatable bonds is 32. The van der Waals surface area contributed by atoms with E-state index in [0.717, 1.165) is 53.5 Å². The van der Waals surface area contributed by atoms with Gasteiger partial charge in [0.25, 0.3) is 0 Å². The fraction of sp³-hybridized carbons (Fsp3) is 0.590. The van der Waals surface area contributed by atoms with Crippen molar-refractivity contribution in [2.75, 3.05) is 6.61 Å². The molecule has 3 aromatic rings. The van der Waals surface area contributed by atoms with E-state index >= 15 is 0 Å². The lowest BCUT2D eigenvalue weighted by Crippen LogP contribution is -2.59. The minimum Gasteiger partial charge on any atom is -0.461 e. The first-order valence-corrected chi connectivity index (χ1v) is 27.9. The lowest BCUT2D eigenvalue weighted by molar-refractivity contribution is -0.160. The molecule has 3 aromatic carbocycles. The van der Waals surface area contributed by atoms with Crippen molar-refractivity contribution >= 4 is 41.7 Å². The van der Waals surface area contributed by atoms with E-state index in [-0.39, 0.29) is 37.9 Å². The van der Waals surface area contributed by atoms with Crippen molar-refractivity contribution in [1.29, 1.82) is 0 Å². The lowest BCUT2D eigenvalue weighted by atomic mass is 9.97. The Morgan fingerprint density at radius 2 is 1.13 bits per heavy atom. The average molecular weight is 1050 g/mol. The molecule has 4 amide bonds. The fourth-order valence-corrected chi connectivity index (χ4v) is 9.33. The van der Waals surface area contributed by atoms with Crippen molar-refractivity contribution in [3.63, 3.8) is 0 Å². The topological polar surface area (TPSA) is 205 Å². The third-order valence-corrected chi connectivity index (χ3v) is 13.6. The molecule has 4 rings (SSSR count). The molecule has 76 heavy (non-hydrogen) atoms. The minimum atomic E-state index is -1.55. The molecule has 15 nitrogen and oxygen atoms in total. The van der Waals surface area contributed by atoms with E-state index in [1.807, 2.05) is 99.6 Å². The number of benzene rings is 3. The molecule has 1 aliphatic carbocycles. The smallest absolute Gasteiger partial charge is 0.407 e. The molecule has 6 atom stereocenters. The maximum Gasteiger partial charge on any atom is 0.407 e. The van der Waals surface area contributed by atoms with Gasteiger partial charge in [-0.15, -0.1) is 0 Å². The quantitative estimate of drug-likeness (QED) is 0.0263. The second-order valence-corrected chi connectivity index (χ2v) is 22.1. The lowest BCUT2D eigenvalue weighted by Gasteiger charge is -2.30. The van der Waals surface area contributed by atoms with Gasteiger partial charge < -0.3 is 40.2 Å². The van der Waals surface area contributed by atoms with Gasteiger partial charge in [-0.05, 0) is 85.6 Å². The summed E-state index contributed by atoms with van der Waals surface area (Å²) in [5.41, 5.74) is 4.06. The third-order valence-electron chi connectivity index (χ3n) is 13.6. The van der Waals surface area contributed by atoms with Crippen molar-refractivity contribution in [3.05, 3.63) is 95.6 Å². The number of fused-ring (bicyclic) bond motifs is 3. The summed E-state index contributed by atoms with van der Waals surface area (Å²) in [6.45, 7) is 18.1. The summed E-state index contributed by atoms with van der Waals surface area (Å²) < 4.78 is 23.0. The normalized spacial score (nSPS) is 14.5. The zero-order valence-electron chi connectivity index (χ0n) is 47.0. The zero-order valence-corrected chi connectivity index (χ0v) is 47.0. The van der Waals surface area contributed by atoms with Crippen LogP contribution in [0.5, 0.6) is 0 Å². The predicted molar refractivity (Wildman–Crippen MR) is 295 cm³/mol. The van der Waals surface area contributed by atoms with Crippen LogP contribution in [0.1, 0.15) is 182 Å². The number of hydrogen-bond acceptors (Lipinski definition) is 11. The highest BCUT2D eigenvalue weighted by molar-refractivity contribution is 5.96. The van der Waals surface area contributed by atoms with E-state index in [2.05, 4.69) is 28.2 Å². The molecule has 418 valence electrons. The first-order chi connectivity index (χ1) is 36.2. The summed E-state index contributed by atoms with van der Waals surface area (Å²) >= 11 is 0. The van der Waals surface area contributed by atoms with Gasteiger partial charge in [-0.2, -0.15) is 0 Å². The Morgan fingerprint density at radius 3 is 1.70 bits per heavy atom. The summed E-state index contributed by atoms with van der Waals surface area (Å²) in [5.74, 6) is -5.59. The maximum atomic E-state index is 14.4. The number of carbonyl (C=O) groups excluding carboxylic acids is 7. The highest BCUT2D eigenvalue weighted by Crippen LogP contribution is 2.44. The second-order valence-electron chi connectivity index (χ2n) is 22.1. The molecule has 1 unspecified atom stereocenters. The first-order valence-electron chi connectivity index (χ1n) is 27.9. The molecule has 0 saturated heterocycles. The van der Waals surface area contributed by atoms with Crippen LogP contribution in [0.15, 0.2) is 78.9 Å². The highest BCUT2D eigenvalue weighted by Gasteiger charge is 2.37. The predicted octanol–water partition coefficient (Wildman–Crippen LogP) is 10.8. The Hall–Kier alpha value is -6.25. The van der Waals surface area contributed by atoms with Gasteiger partial charge in [-0.1, -0.05) is 185 Å². The van der Waals surface area contributed by atoms with Crippen molar-refractivity contribution < 1.29 is 52.5 Å². The van der Waals surface area contributed by atoms with Crippen molar-refractivity contribution in [1.82, 2.24) is 21.3 Å². The molecule has 0 saturated carbocycles. The Balaban J connectivity index is 1.48. The Bertz CT molecular complexity index is 2280. The van der Waals surface area contributed by atoms with E-state index < -0.39 is 95.9 Å². The van der Waals surface area contributed by atoms with Gasteiger partial charge in [0, 0.05) is 5.92 Å². The number of ether oxygens (including phenoxy) is 4. The van der Waals surface area contributed by atoms with E-state index in [1.165, 1.54) is 32.1 Å². The number of esters is 3. The molecule has 0 bridgehead atoms. The maximum absolute atomic E-state index is 14.4. The van der Waals surface area contributed by atoms with Crippen LogP contribution in [0.25, 0.3) is 11.1 Å². The molecule has 15 heteroatoms. The third kappa shape index (κ3) is 21.1. The highest BCUT2D eigenvalue weighted by atomic mass is 16.6. The van der Waals surface area contributed by atoms with Crippen LogP contribution in [0, 0.1) is 17.8 Å². The summed E-state index contributed by atoms with van der Waals surface area (Å²) in [6.07, 6.45) is 8.43. The van der Waals surface area contributed by atoms with E-state index in [9.17, 15) is 33.6 Å². The molecule has 0 heterocycles. The van der Waals surface area contributed by atoms with Crippen LogP contribution >= 0.6 is 0 Å². The van der Waals surface area contributed by atoms with Gasteiger partial charge in [0.1, 0.15) is 49.1 Å². The number of amides is 4. The largest absolute Gasteiger partial charge is 0.461 e. The molecule has 0 aromatic heterocycles. The molecule has 0 spiro atoms. The number of hydrogen-bond donors (Lipinski definition) is 4. The summed E-state index contributed by atoms with van der Waals surface area (Å²) in [7, 11) is 0. The van der Waals surface area contributed by atoms with Crippen LogP contribution in [0.3, 0.4) is 0 Å². The molecule has 1 aliphatic rings. The van der Waals surface area contributed by atoms with Gasteiger partial charge in [0.15, 0.2) is 0 Å². The minimum absolute atomic E-state index is 0.00858. The fourth-order valence-electron chi connectivity index (χ4n) is 9.33. The van der Waals surface area contributed by atoms with Gasteiger partial charge in [0.2, 0.25) is 17.7 Å². The summed E-state index contributed by atoms with van der Waals surface area (Å²) in [6, 6.07) is 20.0. The van der Waals surface area contributed by atoms with Crippen LogP contribution in [-0.2, 0) is 54.3 Å². The second kappa shape index (κ2) is 31.7. The monoisotopic (exact) mass is 1050 g/mol. The van der Waals surface area contributed by atoms with Gasteiger partial charge in [0.05, 0.1) is 12.8 Å². The van der Waals surface area contributed by atoms with E-state index in [1.54, 1.807) is 41.5 Å². The molecule has 0 radical (unpaired) electrons. The Labute approximate surface area is 452 Å². The van der Waals surface area contributed by atoms with E-state index in [0.29, 0.717) is 12.8 Å².